The van der Waals surface area contributed by atoms with Gasteiger partial charge in [0.2, 0.25) is 0 Å². The summed E-state index contributed by atoms with van der Waals surface area (Å²) in [6, 6.07) is 0. The van der Waals surface area contributed by atoms with Crippen molar-refractivity contribution in [2.75, 3.05) is 0 Å². The third kappa shape index (κ3) is 7.37. The van der Waals surface area contributed by atoms with Crippen LogP contribution < -0.4 is 0 Å². The van der Waals surface area contributed by atoms with Crippen LogP contribution in [0.1, 0.15) is 104 Å². The molecule has 160 valence electrons. The fraction of sp³-hybridized carbons (Fsp3) is 0.840. The quantitative estimate of drug-likeness (QED) is 0.187. The second-order valence-electron chi connectivity index (χ2n) is 9.41. The van der Waals surface area contributed by atoms with Crippen LogP contribution in [-0.2, 0) is 9.53 Å². The number of carbonyl (C=O) groups is 1. The lowest BCUT2D eigenvalue weighted by Crippen LogP contribution is -2.26. The SMILES string of the molecule is CCCCCCCC(=N)CC[C@@H]1[C@H]2C/C=C\CCCC(=O)O[C@H]2C[C@H]1C(C)C. The van der Waals surface area contributed by atoms with Crippen molar-refractivity contribution < 1.29 is 9.53 Å². The van der Waals surface area contributed by atoms with Crippen molar-refractivity contribution in [1.29, 1.82) is 5.41 Å². The summed E-state index contributed by atoms with van der Waals surface area (Å²) in [5, 5.41) is 8.41. The number of unbranched alkanes of at least 4 members (excludes halogenated alkanes) is 4. The van der Waals surface area contributed by atoms with Crippen LogP contribution in [0.4, 0.5) is 0 Å². The summed E-state index contributed by atoms with van der Waals surface area (Å²) < 4.78 is 5.94. The highest BCUT2D eigenvalue weighted by Crippen LogP contribution is 2.47. The van der Waals surface area contributed by atoms with Crippen molar-refractivity contribution in [3.63, 3.8) is 0 Å². The molecule has 1 saturated carbocycles. The van der Waals surface area contributed by atoms with Crippen LogP contribution in [0, 0.1) is 29.1 Å². The van der Waals surface area contributed by atoms with Gasteiger partial charge in [-0.25, -0.2) is 0 Å². The number of hydrogen-bond acceptors (Lipinski definition) is 3. The van der Waals surface area contributed by atoms with Crippen LogP contribution in [0.15, 0.2) is 12.2 Å². The number of fused-ring (bicyclic) bond motifs is 1. The zero-order valence-electron chi connectivity index (χ0n) is 18.6. The average Bonchev–Trinajstić information content (AvgIpc) is 3.00. The smallest absolute Gasteiger partial charge is 0.306 e. The van der Waals surface area contributed by atoms with E-state index in [4.69, 9.17) is 10.1 Å². The van der Waals surface area contributed by atoms with Crippen LogP contribution in [0.25, 0.3) is 0 Å². The molecule has 1 fully saturated rings. The summed E-state index contributed by atoms with van der Waals surface area (Å²) in [5.41, 5.74) is 0.926. The van der Waals surface area contributed by atoms with Crippen molar-refractivity contribution in [3.05, 3.63) is 12.2 Å². The number of allylic oxidation sites excluding steroid dienone is 2. The lowest BCUT2D eigenvalue weighted by atomic mass is 9.78. The highest BCUT2D eigenvalue weighted by Gasteiger charge is 2.45. The molecule has 0 aromatic heterocycles. The van der Waals surface area contributed by atoms with Crippen molar-refractivity contribution in [2.24, 2.45) is 23.7 Å². The number of hydrogen-bond donors (Lipinski definition) is 1. The standard InChI is InChI=1S/C25H43NO2/c1-4-5-6-7-10-13-20(26)16-17-21-22-14-11-8-9-12-15-25(27)28-24(22)18-23(21)19(2)3/h8,11,19,21-24,26H,4-7,9-10,12-18H2,1-3H3/b11-8-,26-20?/t21-,22-,23+,24+/m1/s1. The summed E-state index contributed by atoms with van der Waals surface area (Å²) in [6.07, 6.45) is 18.4. The van der Waals surface area contributed by atoms with E-state index in [1.807, 2.05) is 0 Å². The molecule has 0 saturated heterocycles. The first kappa shape index (κ1) is 23.2. The molecule has 0 unspecified atom stereocenters. The number of rotatable bonds is 10. The first-order chi connectivity index (χ1) is 13.5. The first-order valence-corrected chi connectivity index (χ1v) is 11.9. The van der Waals surface area contributed by atoms with Crippen molar-refractivity contribution >= 4 is 11.7 Å². The third-order valence-electron chi connectivity index (χ3n) is 6.91. The second kappa shape index (κ2) is 12.4. The molecule has 2 aliphatic rings. The maximum Gasteiger partial charge on any atom is 0.306 e. The molecule has 0 spiro atoms. The van der Waals surface area contributed by atoms with E-state index in [2.05, 4.69) is 32.9 Å². The lowest BCUT2D eigenvalue weighted by molar-refractivity contribution is -0.151. The predicted octanol–water partition coefficient (Wildman–Crippen LogP) is 7.10. The average molecular weight is 390 g/mol. The van der Waals surface area contributed by atoms with E-state index in [0.717, 1.165) is 50.7 Å². The molecule has 0 aromatic carbocycles. The fourth-order valence-electron chi connectivity index (χ4n) is 5.24. The predicted molar refractivity (Wildman–Crippen MR) is 118 cm³/mol. The van der Waals surface area contributed by atoms with Gasteiger partial charge >= 0.3 is 5.97 Å². The molecule has 1 aliphatic heterocycles. The third-order valence-corrected chi connectivity index (χ3v) is 6.91. The van der Waals surface area contributed by atoms with E-state index < -0.39 is 0 Å². The highest BCUT2D eigenvalue weighted by molar-refractivity contribution is 5.81. The zero-order chi connectivity index (χ0) is 20.4. The van der Waals surface area contributed by atoms with E-state index in [0.29, 0.717) is 30.1 Å². The molecule has 0 amide bonds. The van der Waals surface area contributed by atoms with Crippen LogP contribution in [-0.4, -0.2) is 17.8 Å². The van der Waals surface area contributed by atoms with Crippen LogP contribution in [0.3, 0.4) is 0 Å². The van der Waals surface area contributed by atoms with Gasteiger partial charge in [-0.15, -0.1) is 0 Å². The monoisotopic (exact) mass is 389 g/mol. The van der Waals surface area contributed by atoms with Gasteiger partial charge in [-0.3, -0.25) is 4.79 Å². The largest absolute Gasteiger partial charge is 0.462 e. The Kier molecular flexibility index (Phi) is 10.3. The number of ether oxygens (including phenoxy) is 1. The number of nitrogens with one attached hydrogen (secondary N) is 1. The summed E-state index contributed by atoms with van der Waals surface area (Å²) >= 11 is 0. The van der Waals surface area contributed by atoms with Gasteiger partial charge in [-0.2, -0.15) is 0 Å². The molecule has 28 heavy (non-hydrogen) atoms. The number of carbonyl (C=O) groups excluding carboxylic acids is 1. The molecule has 0 bridgehead atoms. The number of esters is 1. The van der Waals surface area contributed by atoms with E-state index in [9.17, 15) is 4.79 Å². The first-order valence-electron chi connectivity index (χ1n) is 11.9. The molecule has 3 heteroatoms. The molecule has 0 aromatic rings. The van der Waals surface area contributed by atoms with Gasteiger partial charge in [0.05, 0.1) is 0 Å². The van der Waals surface area contributed by atoms with Gasteiger partial charge in [0, 0.05) is 18.1 Å². The molecule has 3 nitrogen and oxygen atoms in total. The minimum Gasteiger partial charge on any atom is -0.462 e. The van der Waals surface area contributed by atoms with Gasteiger partial charge in [0.1, 0.15) is 6.10 Å². The zero-order valence-corrected chi connectivity index (χ0v) is 18.6. The molecule has 1 N–H and O–H groups in total. The Hall–Kier alpha value is -1.12. The summed E-state index contributed by atoms with van der Waals surface area (Å²) in [7, 11) is 0. The Balaban J connectivity index is 1.93. The Morgan fingerprint density at radius 3 is 2.71 bits per heavy atom. The van der Waals surface area contributed by atoms with Gasteiger partial charge in [-0.05, 0) is 69.1 Å². The minimum atomic E-state index is -0.00622. The Morgan fingerprint density at radius 2 is 1.96 bits per heavy atom. The molecular weight excluding hydrogens is 346 g/mol. The topological polar surface area (TPSA) is 50.2 Å². The minimum absolute atomic E-state index is 0.00622. The molecule has 1 aliphatic carbocycles. The maximum absolute atomic E-state index is 12.2. The van der Waals surface area contributed by atoms with Crippen LogP contribution in [0.5, 0.6) is 0 Å². The summed E-state index contributed by atoms with van der Waals surface area (Å²) in [5.74, 6) is 2.21. The second-order valence-corrected chi connectivity index (χ2v) is 9.41. The van der Waals surface area contributed by atoms with E-state index in [-0.39, 0.29) is 12.1 Å². The fourth-order valence-corrected chi connectivity index (χ4v) is 5.24. The Bertz CT molecular complexity index is 511. The summed E-state index contributed by atoms with van der Waals surface area (Å²) in [4.78, 5) is 12.2. The van der Waals surface area contributed by atoms with Gasteiger partial charge in [0.15, 0.2) is 0 Å². The van der Waals surface area contributed by atoms with Gasteiger partial charge in [0.25, 0.3) is 0 Å². The Morgan fingerprint density at radius 1 is 1.18 bits per heavy atom. The molecule has 1 heterocycles. The summed E-state index contributed by atoms with van der Waals surface area (Å²) in [6.45, 7) is 6.87. The van der Waals surface area contributed by atoms with E-state index in [1.54, 1.807) is 0 Å². The highest BCUT2D eigenvalue weighted by atomic mass is 16.5. The van der Waals surface area contributed by atoms with E-state index >= 15 is 0 Å². The van der Waals surface area contributed by atoms with E-state index in [1.165, 1.54) is 32.1 Å². The Labute approximate surface area is 173 Å². The molecular formula is C25H43NO2. The van der Waals surface area contributed by atoms with Crippen molar-refractivity contribution in [1.82, 2.24) is 0 Å². The molecule has 4 atom stereocenters. The van der Waals surface area contributed by atoms with Crippen LogP contribution >= 0.6 is 0 Å². The van der Waals surface area contributed by atoms with Crippen LogP contribution in [0.2, 0.25) is 0 Å². The van der Waals surface area contributed by atoms with Crippen molar-refractivity contribution in [2.45, 2.75) is 110 Å². The van der Waals surface area contributed by atoms with Gasteiger partial charge in [-0.1, -0.05) is 58.6 Å². The maximum atomic E-state index is 12.2. The normalized spacial score (nSPS) is 29.4. The molecule has 2 rings (SSSR count). The van der Waals surface area contributed by atoms with Crippen molar-refractivity contribution in [3.8, 4) is 0 Å². The molecule has 0 radical (unpaired) electrons. The lowest BCUT2D eigenvalue weighted by Gasteiger charge is -2.28. The van der Waals surface area contributed by atoms with Gasteiger partial charge < -0.3 is 10.1 Å².